The summed E-state index contributed by atoms with van der Waals surface area (Å²) in [5.74, 6) is -0.127. The average Bonchev–Trinajstić information content (AvgIpc) is 3.15. The van der Waals surface area contributed by atoms with Crippen molar-refractivity contribution in [2.24, 2.45) is 4.99 Å². The molecule has 194 valence electrons. The number of amides is 1. The molecule has 36 heavy (non-hydrogen) atoms. The van der Waals surface area contributed by atoms with Crippen LogP contribution in [0.3, 0.4) is 0 Å². The number of carbonyl (C=O) groups excluding carboxylic acids is 1. The van der Waals surface area contributed by atoms with Gasteiger partial charge >= 0.3 is 12.4 Å². The average molecular weight is 534 g/mol. The van der Waals surface area contributed by atoms with Crippen molar-refractivity contribution in [2.75, 3.05) is 27.4 Å². The fourth-order valence-electron chi connectivity index (χ4n) is 3.08. The van der Waals surface area contributed by atoms with E-state index in [1.165, 1.54) is 26.4 Å². The van der Waals surface area contributed by atoms with E-state index < -0.39 is 35.6 Å². The number of amidine groups is 1. The minimum atomic E-state index is -5.01. The van der Waals surface area contributed by atoms with E-state index in [0.717, 1.165) is 17.8 Å². The number of rotatable bonds is 8. The zero-order valence-corrected chi connectivity index (χ0v) is 19.7. The van der Waals surface area contributed by atoms with Crippen molar-refractivity contribution in [3.05, 3.63) is 63.6 Å². The number of methoxy groups -OCH3 is 2. The highest BCUT2D eigenvalue weighted by molar-refractivity contribution is 8.18. The van der Waals surface area contributed by atoms with E-state index in [2.05, 4.69) is 10.3 Å². The number of aliphatic imine (C=N–C) groups is 1. The molecule has 1 aliphatic rings. The van der Waals surface area contributed by atoms with E-state index in [0.29, 0.717) is 34.9 Å². The van der Waals surface area contributed by atoms with Gasteiger partial charge in [0.15, 0.2) is 16.7 Å². The molecule has 0 aromatic heterocycles. The van der Waals surface area contributed by atoms with Crippen LogP contribution in [-0.4, -0.2) is 38.4 Å². The molecule has 0 atom stereocenters. The number of halogens is 6. The summed E-state index contributed by atoms with van der Waals surface area (Å²) < 4.78 is 94.4. The number of alkyl halides is 6. The first kappa shape index (κ1) is 27.4. The molecule has 0 spiro atoms. The SMILES string of the molecule is COCCN=C1NC(=O)/C(=C/c2ccc(OCc3ccc(C(F)(F)F)cc3C(F)(F)F)c(OC)c2)S1. The summed E-state index contributed by atoms with van der Waals surface area (Å²) in [6.07, 6.45) is -8.36. The van der Waals surface area contributed by atoms with Gasteiger partial charge in [-0.05, 0) is 47.7 Å². The van der Waals surface area contributed by atoms with Crippen LogP contribution < -0.4 is 14.8 Å². The number of ether oxygens (including phenoxy) is 3. The van der Waals surface area contributed by atoms with Crippen molar-refractivity contribution < 1.29 is 45.3 Å². The van der Waals surface area contributed by atoms with Crippen LogP contribution in [0, 0.1) is 0 Å². The molecule has 2 aromatic rings. The fraction of sp³-hybridized carbons (Fsp3) is 0.304. The van der Waals surface area contributed by atoms with E-state index in [9.17, 15) is 31.1 Å². The second-order valence-electron chi connectivity index (χ2n) is 7.31. The Morgan fingerprint density at radius 2 is 1.75 bits per heavy atom. The first-order chi connectivity index (χ1) is 16.9. The molecule has 0 bridgehead atoms. The summed E-state index contributed by atoms with van der Waals surface area (Å²) in [5, 5.41) is 3.05. The largest absolute Gasteiger partial charge is 0.493 e. The molecule has 3 rings (SSSR count). The van der Waals surface area contributed by atoms with Crippen molar-refractivity contribution in [3.8, 4) is 11.5 Å². The molecule has 2 aromatic carbocycles. The molecule has 1 saturated heterocycles. The maximum absolute atomic E-state index is 13.4. The van der Waals surface area contributed by atoms with Gasteiger partial charge in [-0.15, -0.1) is 0 Å². The van der Waals surface area contributed by atoms with Crippen molar-refractivity contribution in [2.45, 2.75) is 19.0 Å². The van der Waals surface area contributed by atoms with E-state index in [4.69, 9.17) is 14.2 Å². The van der Waals surface area contributed by atoms with Gasteiger partial charge in [0.2, 0.25) is 0 Å². The minimum Gasteiger partial charge on any atom is -0.493 e. The lowest BCUT2D eigenvalue weighted by atomic mass is 10.0. The highest BCUT2D eigenvalue weighted by atomic mass is 32.2. The van der Waals surface area contributed by atoms with Gasteiger partial charge in [-0.1, -0.05) is 12.1 Å². The lowest BCUT2D eigenvalue weighted by Crippen LogP contribution is -2.20. The third kappa shape index (κ3) is 6.94. The number of nitrogens with one attached hydrogen (secondary N) is 1. The number of hydrogen-bond donors (Lipinski definition) is 1. The van der Waals surface area contributed by atoms with Gasteiger partial charge in [-0.2, -0.15) is 26.3 Å². The van der Waals surface area contributed by atoms with E-state index in [-0.39, 0.29) is 23.5 Å². The number of hydrogen-bond acceptors (Lipinski definition) is 6. The van der Waals surface area contributed by atoms with E-state index in [1.807, 2.05) is 0 Å². The number of carbonyl (C=O) groups is 1. The maximum atomic E-state index is 13.4. The molecule has 13 heteroatoms. The van der Waals surface area contributed by atoms with Crippen LogP contribution in [0.1, 0.15) is 22.3 Å². The molecule has 6 nitrogen and oxygen atoms in total. The molecular weight excluding hydrogens is 514 g/mol. The topological polar surface area (TPSA) is 69.2 Å². The van der Waals surface area contributed by atoms with Gasteiger partial charge in [-0.25, -0.2) is 0 Å². The number of thioether (sulfide) groups is 1. The molecule has 1 heterocycles. The van der Waals surface area contributed by atoms with Crippen LogP contribution in [0.5, 0.6) is 11.5 Å². The van der Waals surface area contributed by atoms with Gasteiger partial charge in [0, 0.05) is 12.7 Å². The summed E-state index contributed by atoms with van der Waals surface area (Å²) in [4.78, 5) is 16.7. The molecule has 1 N–H and O–H groups in total. The van der Waals surface area contributed by atoms with Gasteiger partial charge in [0.1, 0.15) is 6.61 Å². The highest BCUT2D eigenvalue weighted by Gasteiger charge is 2.38. The normalized spacial score (nSPS) is 16.5. The van der Waals surface area contributed by atoms with Crippen molar-refractivity contribution >= 4 is 28.9 Å². The molecule has 0 saturated carbocycles. The Hall–Kier alpha value is -3.19. The Bertz CT molecular complexity index is 1180. The van der Waals surface area contributed by atoms with Gasteiger partial charge in [-0.3, -0.25) is 9.79 Å². The Morgan fingerprint density at radius 3 is 2.39 bits per heavy atom. The van der Waals surface area contributed by atoms with Gasteiger partial charge in [0.05, 0.1) is 36.3 Å². The number of nitrogens with zero attached hydrogens (tertiary/aromatic N) is 1. The lowest BCUT2D eigenvalue weighted by molar-refractivity contribution is -0.143. The third-order valence-electron chi connectivity index (χ3n) is 4.81. The first-order valence-electron chi connectivity index (χ1n) is 10.2. The first-order valence-corrected chi connectivity index (χ1v) is 11.1. The zero-order chi connectivity index (χ0) is 26.5. The van der Waals surface area contributed by atoms with Gasteiger partial charge in [0.25, 0.3) is 5.91 Å². The summed E-state index contributed by atoms with van der Waals surface area (Å²) in [6.45, 7) is 0.124. The fourth-order valence-corrected chi connectivity index (χ4v) is 3.93. The molecule has 0 unspecified atom stereocenters. The number of benzene rings is 2. The second-order valence-corrected chi connectivity index (χ2v) is 8.34. The smallest absolute Gasteiger partial charge is 0.416 e. The second kappa shape index (κ2) is 11.2. The highest BCUT2D eigenvalue weighted by Crippen LogP contribution is 2.38. The van der Waals surface area contributed by atoms with Crippen LogP contribution in [0.15, 0.2) is 46.3 Å². The van der Waals surface area contributed by atoms with E-state index in [1.54, 1.807) is 12.1 Å². The molecule has 0 radical (unpaired) electrons. The molecule has 1 fully saturated rings. The van der Waals surface area contributed by atoms with Gasteiger partial charge < -0.3 is 19.5 Å². The third-order valence-corrected chi connectivity index (χ3v) is 5.76. The molecule has 0 aliphatic carbocycles. The summed E-state index contributed by atoms with van der Waals surface area (Å²) in [7, 11) is 2.85. The van der Waals surface area contributed by atoms with Crippen molar-refractivity contribution in [1.29, 1.82) is 0 Å². The predicted molar refractivity (Wildman–Crippen MR) is 122 cm³/mol. The monoisotopic (exact) mass is 534 g/mol. The standard InChI is InChI=1S/C23H20F6N2O4S/c1-33-8-7-30-21-31-20(32)19(36-21)10-13-3-6-17(18(9-13)34-2)35-12-14-4-5-15(22(24,25)26)11-16(14)23(27,28)29/h3-6,9-11H,7-8,12H2,1-2H3,(H,30,31,32)/b19-10-. The molecule has 1 aliphatic heterocycles. The van der Waals surface area contributed by atoms with Crippen molar-refractivity contribution in [3.63, 3.8) is 0 Å². The Labute approximate surface area is 206 Å². The lowest BCUT2D eigenvalue weighted by Gasteiger charge is -2.17. The Kier molecular flexibility index (Phi) is 8.56. The van der Waals surface area contributed by atoms with Crippen molar-refractivity contribution in [1.82, 2.24) is 5.32 Å². The summed E-state index contributed by atoms with van der Waals surface area (Å²) >= 11 is 1.13. The Morgan fingerprint density at radius 1 is 1.00 bits per heavy atom. The summed E-state index contributed by atoms with van der Waals surface area (Å²) in [5.41, 5.74) is -2.78. The van der Waals surface area contributed by atoms with Crippen LogP contribution in [0.4, 0.5) is 26.3 Å². The van der Waals surface area contributed by atoms with Crippen LogP contribution >= 0.6 is 11.8 Å². The van der Waals surface area contributed by atoms with Crippen LogP contribution in [0.2, 0.25) is 0 Å². The van der Waals surface area contributed by atoms with Crippen LogP contribution in [-0.2, 0) is 28.5 Å². The minimum absolute atomic E-state index is 0.0579. The van der Waals surface area contributed by atoms with E-state index >= 15 is 0 Å². The zero-order valence-electron chi connectivity index (χ0n) is 18.9. The van der Waals surface area contributed by atoms with Crippen LogP contribution in [0.25, 0.3) is 6.08 Å². The Balaban J connectivity index is 1.79. The summed E-state index contributed by atoms with van der Waals surface area (Å²) in [6, 6.07) is 5.84. The maximum Gasteiger partial charge on any atom is 0.416 e. The molecule has 1 amide bonds. The predicted octanol–water partition coefficient (Wildman–Crippen LogP) is 5.52. The quantitative estimate of drug-likeness (QED) is 0.275. The molecular formula is C23H20F6N2O4S.